The van der Waals surface area contributed by atoms with Gasteiger partial charge >= 0.3 is 46.3 Å². The molecule has 0 bridgehead atoms. The molecule has 0 atom stereocenters. The number of hydrogen-bond donors (Lipinski definition) is 0. The summed E-state index contributed by atoms with van der Waals surface area (Å²) < 4.78 is 34.9. The van der Waals surface area contributed by atoms with Crippen molar-refractivity contribution in [3.8, 4) is 0 Å². The van der Waals surface area contributed by atoms with Crippen LogP contribution in [0.3, 0.4) is 0 Å². The summed E-state index contributed by atoms with van der Waals surface area (Å²) >= 11 is 0. The van der Waals surface area contributed by atoms with Gasteiger partial charge in [-0.3, -0.25) is 0 Å². The third kappa shape index (κ3) is 1.99. The Morgan fingerprint density at radius 2 is 1.12 bits per heavy atom. The van der Waals surface area contributed by atoms with Crippen molar-refractivity contribution in [1.82, 2.24) is 0 Å². The first-order valence-corrected chi connectivity index (χ1v) is 5.82. The first-order chi connectivity index (χ1) is 3.25. The summed E-state index contributed by atoms with van der Waals surface area (Å²) in [4.78, 5) is 0. The Labute approximate surface area is 47.4 Å². The molecule has 8 heavy (non-hydrogen) atoms. The van der Waals surface area contributed by atoms with E-state index in [1.807, 2.05) is 0 Å². The fraction of sp³-hybridized carbons (Fsp3) is 1.00. The molecule has 0 rings (SSSR count). The molecule has 0 heterocycles. The van der Waals surface area contributed by atoms with Crippen LogP contribution in [0.25, 0.3) is 0 Å². The molecule has 0 spiro atoms. The second-order valence-electron chi connectivity index (χ2n) is 2.75. The SMILES string of the molecule is C[PH](C)(C)C(F)(F)F. The van der Waals surface area contributed by atoms with Crippen molar-refractivity contribution < 1.29 is 13.2 Å². The van der Waals surface area contributed by atoms with Crippen LogP contribution in [0.15, 0.2) is 0 Å². The molecule has 0 nitrogen and oxygen atoms in total. The van der Waals surface area contributed by atoms with Crippen molar-refractivity contribution in [2.75, 3.05) is 20.0 Å². The molecular weight excluding hydrogens is 136 g/mol. The van der Waals surface area contributed by atoms with Crippen molar-refractivity contribution in [3.05, 3.63) is 0 Å². The predicted octanol–water partition coefficient (Wildman–Crippen LogP) is 2.15. The van der Waals surface area contributed by atoms with Crippen LogP contribution in [0.2, 0.25) is 0 Å². The zero-order chi connectivity index (χ0) is 7.00. The summed E-state index contributed by atoms with van der Waals surface area (Å²) in [5, 5.41) is 0. The first kappa shape index (κ1) is 8.22. The normalized spacial score (nSPS) is 16.2. The van der Waals surface area contributed by atoms with Gasteiger partial charge in [-0.2, -0.15) is 0 Å². The average Bonchev–Trinajstić information content (AvgIpc) is 1.25. The molecule has 0 aromatic carbocycles. The molecular formula is C4H10F3P. The fourth-order valence-corrected chi connectivity index (χ4v) is 0. The predicted molar refractivity (Wildman–Crippen MR) is 32.1 cm³/mol. The first-order valence-electron chi connectivity index (χ1n) is 2.32. The van der Waals surface area contributed by atoms with E-state index in [0.29, 0.717) is 0 Å². The van der Waals surface area contributed by atoms with E-state index < -0.39 is 13.2 Å². The molecule has 0 aromatic rings. The molecule has 0 aliphatic rings. The summed E-state index contributed by atoms with van der Waals surface area (Å²) in [6.07, 6.45) is 0. The molecule has 0 aromatic heterocycles. The molecule has 4 heteroatoms. The average molecular weight is 146 g/mol. The van der Waals surface area contributed by atoms with Gasteiger partial charge in [-0.1, -0.05) is 0 Å². The Morgan fingerprint density at radius 3 is 1.12 bits per heavy atom. The van der Waals surface area contributed by atoms with Gasteiger partial charge < -0.3 is 0 Å². The fourth-order valence-electron chi connectivity index (χ4n) is 0. The molecule has 0 saturated carbocycles. The van der Waals surface area contributed by atoms with Crippen LogP contribution >= 0.6 is 7.26 Å². The van der Waals surface area contributed by atoms with Gasteiger partial charge in [0.05, 0.1) is 0 Å². The topological polar surface area (TPSA) is 0 Å². The molecule has 0 radical (unpaired) electrons. The van der Waals surface area contributed by atoms with Crippen LogP contribution in [0, 0.1) is 0 Å². The van der Waals surface area contributed by atoms with E-state index in [4.69, 9.17) is 0 Å². The summed E-state index contributed by atoms with van der Waals surface area (Å²) in [7, 11) is -2.86. The minimum absolute atomic E-state index is 1.28. The van der Waals surface area contributed by atoms with E-state index in [1.54, 1.807) is 0 Å². The minimum atomic E-state index is -3.92. The Bertz CT molecular complexity index is 66.3. The third-order valence-electron chi connectivity index (χ3n) is 0.850. The summed E-state index contributed by atoms with van der Waals surface area (Å²) in [5.74, 6) is -3.92. The van der Waals surface area contributed by atoms with Crippen LogP contribution in [-0.2, 0) is 0 Å². The van der Waals surface area contributed by atoms with Crippen molar-refractivity contribution in [2.45, 2.75) is 5.92 Å². The summed E-state index contributed by atoms with van der Waals surface area (Å²) in [6, 6.07) is 0. The van der Waals surface area contributed by atoms with Crippen LogP contribution in [0.1, 0.15) is 0 Å². The van der Waals surface area contributed by atoms with Crippen molar-refractivity contribution in [1.29, 1.82) is 0 Å². The monoisotopic (exact) mass is 146 g/mol. The summed E-state index contributed by atoms with van der Waals surface area (Å²) in [6.45, 7) is 3.85. The van der Waals surface area contributed by atoms with E-state index in [0.717, 1.165) is 0 Å². The zero-order valence-electron chi connectivity index (χ0n) is 5.13. The van der Waals surface area contributed by atoms with Crippen molar-refractivity contribution >= 4 is 7.26 Å². The number of hydrogen-bond acceptors (Lipinski definition) is 0. The van der Waals surface area contributed by atoms with Crippen molar-refractivity contribution in [2.24, 2.45) is 0 Å². The van der Waals surface area contributed by atoms with Gasteiger partial charge in [0.15, 0.2) is 0 Å². The molecule has 0 aliphatic carbocycles. The Morgan fingerprint density at radius 1 is 1.00 bits per heavy atom. The molecule has 0 unspecified atom stereocenters. The molecule has 0 saturated heterocycles. The van der Waals surface area contributed by atoms with Gasteiger partial charge in [-0.15, -0.1) is 0 Å². The van der Waals surface area contributed by atoms with Gasteiger partial charge in [-0.05, 0) is 0 Å². The second kappa shape index (κ2) is 1.87. The van der Waals surface area contributed by atoms with E-state index in [-0.39, 0.29) is 0 Å². The standard InChI is InChI=1S/C4H10F3P/c1-8(2,3)4(5,6)7/h8H,1-3H3. The van der Waals surface area contributed by atoms with Crippen molar-refractivity contribution in [3.63, 3.8) is 0 Å². The van der Waals surface area contributed by atoms with E-state index in [9.17, 15) is 13.2 Å². The van der Waals surface area contributed by atoms with Gasteiger partial charge in [0.2, 0.25) is 0 Å². The third-order valence-corrected chi connectivity index (χ3v) is 2.55. The van der Waals surface area contributed by atoms with Crippen LogP contribution in [0.4, 0.5) is 13.2 Å². The van der Waals surface area contributed by atoms with E-state index in [1.165, 1.54) is 20.0 Å². The summed E-state index contributed by atoms with van der Waals surface area (Å²) in [5.41, 5.74) is 0. The van der Waals surface area contributed by atoms with Gasteiger partial charge in [0.25, 0.3) is 0 Å². The molecule has 0 fully saturated rings. The molecule has 52 valence electrons. The number of alkyl halides is 3. The van der Waals surface area contributed by atoms with Gasteiger partial charge in [-0.25, -0.2) is 0 Å². The van der Waals surface area contributed by atoms with Crippen LogP contribution < -0.4 is 0 Å². The van der Waals surface area contributed by atoms with Crippen LogP contribution in [0.5, 0.6) is 0 Å². The van der Waals surface area contributed by atoms with Gasteiger partial charge in [0, 0.05) is 0 Å². The maximum atomic E-state index is 11.6. The second-order valence-corrected chi connectivity index (χ2v) is 7.81. The molecule has 0 N–H and O–H groups in total. The number of halogens is 3. The van der Waals surface area contributed by atoms with E-state index in [2.05, 4.69) is 0 Å². The Hall–Kier alpha value is 0.220. The van der Waals surface area contributed by atoms with Crippen LogP contribution in [-0.4, -0.2) is 25.9 Å². The quantitative estimate of drug-likeness (QED) is 0.459. The Balaban J connectivity index is 4.02. The zero-order valence-corrected chi connectivity index (χ0v) is 6.13. The molecule has 0 amide bonds. The van der Waals surface area contributed by atoms with Gasteiger partial charge in [0.1, 0.15) is 0 Å². The Kier molecular flexibility index (Phi) is 1.92. The number of rotatable bonds is 0. The maximum absolute atomic E-state index is 11.6. The molecule has 0 aliphatic heterocycles. The van der Waals surface area contributed by atoms with E-state index >= 15 is 0 Å².